The van der Waals surface area contributed by atoms with E-state index in [0.29, 0.717) is 18.8 Å². The van der Waals surface area contributed by atoms with Crippen molar-refractivity contribution in [3.8, 4) is 0 Å². The Kier molecular flexibility index (Phi) is 5.21. The third-order valence-electron chi connectivity index (χ3n) is 4.83. The smallest absolute Gasteiger partial charge is 0.269 e. The second-order valence-corrected chi connectivity index (χ2v) is 7.21. The molecule has 0 bridgehead atoms. The number of nitrogens with one attached hydrogen (secondary N) is 1. The first kappa shape index (κ1) is 18.4. The van der Waals surface area contributed by atoms with Crippen LogP contribution in [-0.2, 0) is 17.7 Å². The molecule has 0 fully saturated rings. The van der Waals surface area contributed by atoms with E-state index in [2.05, 4.69) is 28.6 Å². The van der Waals surface area contributed by atoms with E-state index in [4.69, 9.17) is 9.84 Å². The molecule has 1 atom stereocenters. The fourth-order valence-electron chi connectivity index (χ4n) is 3.57. The number of fused-ring (bicyclic) bond motifs is 1. The molecule has 1 aromatic carbocycles. The summed E-state index contributed by atoms with van der Waals surface area (Å²) in [4.78, 5) is 16.8. The molecule has 0 saturated heterocycles. The Bertz CT molecular complexity index is 961. The number of ether oxygens (including phenoxy) is 1. The molecule has 1 aliphatic heterocycles. The Balaban J connectivity index is 1.45. The Morgan fingerprint density at radius 1 is 1.25 bits per heavy atom. The average Bonchev–Trinajstić information content (AvgIpc) is 3.09. The molecule has 0 radical (unpaired) electrons. The molecule has 0 unspecified atom stereocenters. The zero-order valence-corrected chi connectivity index (χ0v) is 16.2. The van der Waals surface area contributed by atoms with Gasteiger partial charge in [0.2, 0.25) is 0 Å². The van der Waals surface area contributed by atoms with Gasteiger partial charge in [-0.1, -0.05) is 30.3 Å². The first-order valence-corrected chi connectivity index (χ1v) is 9.54. The van der Waals surface area contributed by atoms with Crippen LogP contribution in [0.3, 0.4) is 0 Å². The van der Waals surface area contributed by atoms with Gasteiger partial charge in [-0.15, -0.1) is 0 Å². The topological polar surface area (TPSA) is 69.0 Å². The lowest BCUT2D eigenvalue weighted by Crippen LogP contribution is -2.32. The highest BCUT2D eigenvalue weighted by Crippen LogP contribution is 2.25. The van der Waals surface area contributed by atoms with E-state index in [-0.39, 0.29) is 12.0 Å². The van der Waals surface area contributed by atoms with Crippen LogP contribution in [0.25, 0.3) is 0 Å². The first-order valence-electron chi connectivity index (χ1n) is 9.54. The number of aryl methyl sites for hydroxylation is 2. The standard InChI is InChI=1S/C22H24N4O2/c1-15-10-16(2)24-19(11-15)22(27)23-12-20-21-18(8-9-28-20)14-26(25-21)13-17-6-4-3-5-7-17/h3-7,10-11,14,20H,8-9,12-13H2,1-2H3,(H,23,27)/t20-/m1/s1. The van der Waals surface area contributed by atoms with Crippen LogP contribution < -0.4 is 5.32 Å². The molecule has 3 aromatic rings. The van der Waals surface area contributed by atoms with Gasteiger partial charge in [0, 0.05) is 18.4 Å². The number of rotatable bonds is 5. The Labute approximate surface area is 164 Å². The highest BCUT2D eigenvalue weighted by Gasteiger charge is 2.25. The molecule has 6 nitrogen and oxygen atoms in total. The third-order valence-corrected chi connectivity index (χ3v) is 4.83. The molecule has 0 saturated carbocycles. The van der Waals surface area contributed by atoms with Gasteiger partial charge in [0.15, 0.2) is 0 Å². The number of hydrogen-bond acceptors (Lipinski definition) is 4. The van der Waals surface area contributed by atoms with E-state index in [1.165, 1.54) is 11.1 Å². The minimum atomic E-state index is -0.240. The van der Waals surface area contributed by atoms with Crippen LogP contribution in [0.15, 0.2) is 48.7 Å². The second kappa shape index (κ2) is 7.94. The summed E-state index contributed by atoms with van der Waals surface area (Å²) in [6, 6.07) is 14.0. The number of nitrogens with zero attached hydrogens (tertiary/aromatic N) is 3. The predicted molar refractivity (Wildman–Crippen MR) is 106 cm³/mol. The lowest BCUT2D eigenvalue weighted by atomic mass is 10.1. The van der Waals surface area contributed by atoms with Crippen LogP contribution in [0.1, 0.15) is 44.7 Å². The quantitative estimate of drug-likeness (QED) is 0.743. The number of aromatic nitrogens is 3. The molecule has 0 aliphatic carbocycles. The zero-order valence-electron chi connectivity index (χ0n) is 16.2. The van der Waals surface area contributed by atoms with Crippen molar-refractivity contribution in [2.24, 2.45) is 0 Å². The van der Waals surface area contributed by atoms with E-state index < -0.39 is 0 Å². The largest absolute Gasteiger partial charge is 0.370 e. The molecular weight excluding hydrogens is 352 g/mol. The molecule has 3 heterocycles. The normalized spacial score (nSPS) is 15.9. The lowest BCUT2D eigenvalue weighted by molar-refractivity contribution is 0.0383. The predicted octanol–water partition coefficient (Wildman–Crippen LogP) is 2.99. The fraction of sp³-hybridized carbons (Fsp3) is 0.318. The number of pyridine rings is 1. The number of carbonyl (C=O) groups is 1. The van der Waals surface area contributed by atoms with Crippen molar-refractivity contribution >= 4 is 5.91 Å². The van der Waals surface area contributed by atoms with Crippen molar-refractivity contribution in [3.63, 3.8) is 0 Å². The van der Waals surface area contributed by atoms with Gasteiger partial charge in [-0.3, -0.25) is 9.48 Å². The summed E-state index contributed by atoms with van der Waals surface area (Å²) < 4.78 is 7.84. The molecule has 28 heavy (non-hydrogen) atoms. The van der Waals surface area contributed by atoms with Gasteiger partial charge >= 0.3 is 0 Å². The maximum absolute atomic E-state index is 12.5. The zero-order chi connectivity index (χ0) is 19.5. The highest BCUT2D eigenvalue weighted by atomic mass is 16.5. The minimum absolute atomic E-state index is 0.189. The van der Waals surface area contributed by atoms with Crippen molar-refractivity contribution in [1.82, 2.24) is 20.1 Å². The minimum Gasteiger partial charge on any atom is -0.370 e. The van der Waals surface area contributed by atoms with Crippen LogP contribution in [0.4, 0.5) is 0 Å². The van der Waals surface area contributed by atoms with E-state index >= 15 is 0 Å². The van der Waals surface area contributed by atoms with E-state index in [1.807, 2.05) is 42.8 Å². The molecule has 4 rings (SSSR count). The van der Waals surface area contributed by atoms with Crippen LogP contribution in [0.2, 0.25) is 0 Å². The van der Waals surface area contributed by atoms with Crippen molar-refractivity contribution in [2.75, 3.05) is 13.2 Å². The third kappa shape index (κ3) is 4.12. The second-order valence-electron chi connectivity index (χ2n) is 7.21. The van der Waals surface area contributed by atoms with Crippen LogP contribution in [0.5, 0.6) is 0 Å². The van der Waals surface area contributed by atoms with Gasteiger partial charge < -0.3 is 10.1 Å². The number of amides is 1. The van der Waals surface area contributed by atoms with Crippen molar-refractivity contribution < 1.29 is 9.53 Å². The van der Waals surface area contributed by atoms with Crippen LogP contribution in [0, 0.1) is 13.8 Å². The van der Waals surface area contributed by atoms with Gasteiger partial charge in [-0.25, -0.2) is 4.98 Å². The maximum atomic E-state index is 12.5. The van der Waals surface area contributed by atoms with Gasteiger partial charge in [0.05, 0.1) is 18.8 Å². The summed E-state index contributed by atoms with van der Waals surface area (Å²) in [6.45, 7) is 5.58. The van der Waals surface area contributed by atoms with E-state index in [1.54, 1.807) is 6.07 Å². The maximum Gasteiger partial charge on any atom is 0.269 e. The summed E-state index contributed by atoms with van der Waals surface area (Å²) >= 11 is 0. The molecule has 1 amide bonds. The summed E-state index contributed by atoms with van der Waals surface area (Å²) in [6.07, 6.45) is 2.69. The SMILES string of the molecule is Cc1cc(C)nc(C(=O)NC[C@H]2OCCc3cn(Cc4ccccc4)nc32)c1. The molecule has 2 aromatic heterocycles. The van der Waals surface area contributed by atoms with Crippen LogP contribution >= 0.6 is 0 Å². The Morgan fingerprint density at radius 2 is 2.07 bits per heavy atom. The Hall–Kier alpha value is -2.99. The number of hydrogen-bond donors (Lipinski definition) is 1. The summed E-state index contributed by atoms with van der Waals surface area (Å²) in [7, 11) is 0. The fourth-order valence-corrected chi connectivity index (χ4v) is 3.57. The number of carbonyl (C=O) groups excluding carboxylic acids is 1. The van der Waals surface area contributed by atoms with Gasteiger partial charge in [-0.05, 0) is 49.1 Å². The molecule has 6 heteroatoms. The van der Waals surface area contributed by atoms with Gasteiger partial charge in [-0.2, -0.15) is 5.10 Å². The van der Waals surface area contributed by atoms with Crippen molar-refractivity contribution in [1.29, 1.82) is 0 Å². The lowest BCUT2D eigenvalue weighted by Gasteiger charge is -2.22. The van der Waals surface area contributed by atoms with Gasteiger partial charge in [0.25, 0.3) is 5.91 Å². The van der Waals surface area contributed by atoms with E-state index in [9.17, 15) is 4.79 Å². The molecule has 0 spiro atoms. The monoisotopic (exact) mass is 376 g/mol. The Morgan fingerprint density at radius 3 is 2.86 bits per heavy atom. The average molecular weight is 376 g/mol. The molecular formula is C22H24N4O2. The molecule has 144 valence electrons. The van der Waals surface area contributed by atoms with Gasteiger partial charge in [0.1, 0.15) is 11.8 Å². The van der Waals surface area contributed by atoms with Crippen molar-refractivity contribution in [3.05, 3.63) is 82.4 Å². The molecule has 1 aliphatic rings. The summed E-state index contributed by atoms with van der Waals surface area (Å²) in [5.41, 5.74) is 5.59. The van der Waals surface area contributed by atoms with Crippen LogP contribution in [-0.4, -0.2) is 33.8 Å². The summed E-state index contributed by atoms with van der Waals surface area (Å²) in [5, 5.41) is 7.68. The first-order chi connectivity index (χ1) is 13.6. The van der Waals surface area contributed by atoms with Crippen molar-refractivity contribution in [2.45, 2.75) is 32.9 Å². The summed E-state index contributed by atoms with van der Waals surface area (Å²) in [5.74, 6) is -0.189. The molecule has 1 N–H and O–H groups in total. The van der Waals surface area contributed by atoms with E-state index in [0.717, 1.165) is 29.9 Å². The highest BCUT2D eigenvalue weighted by molar-refractivity contribution is 5.92. The number of benzene rings is 1.